The smallest absolute Gasteiger partial charge is 0.307 e. The van der Waals surface area contributed by atoms with E-state index in [9.17, 15) is 14.9 Å². The summed E-state index contributed by atoms with van der Waals surface area (Å²) in [6, 6.07) is 0. The van der Waals surface area contributed by atoms with Gasteiger partial charge < -0.3 is 4.98 Å². The Kier molecular flexibility index (Phi) is 2.24. The Morgan fingerprint density at radius 2 is 2.38 bits per heavy atom. The number of nitrogens with two attached hydrogens (primary N) is 1. The Bertz CT molecular complexity index is 384. The molecule has 1 rings (SSSR count). The summed E-state index contributed by atoms with van der Waals surface area (Å²) in [6.07, 6.45) is 1.05. The number of nitrogens with zero attached hydrogens (tertiary/aromatic N) is 3. The lowest BCUT2D eigenvalue weighted by Gasteiger charge is -2.08. The van der Waals surface area contributed by atoms with Gasteiger partial charge in [-0.25, -0.2) is 10.8 Å². The molecule has 1 aromatic heterocycles. The molecular formula is C5H7N5O3. The number of nitro groups is 1. The molecule has 13 heavy (non-hydrogen) atoms. The summed E-state index contributed by atoms with van der Waals surface area (Å²) in [5, 5.41) is 11.3. The van der Waals surface area contributed by atoms with Gasteiger partial charge >= 0.3 is 11.2 Å². The molecule has 0 bridgehead atoms. The van der Waals surface area contributed by atoms with Crippen molar-refractivity contribution in [3.63, 3.8) is 0 Å². The first-order valence-electron chi connectivity index (χ1n) is 3.24. The molecule has 0 spiro atoms. The highest BCUT2D eigenvalue weighted by Gasteiger charge is 2.21. The number of hydrazine groups is 1. The summed E-state index contributed by atoms with van der Waals surface area (Å²) in [4.78, 5) is 26.2. The molecule has 0 aliphatic heterocycles. The summed E-state index contributed by atoms with van der Waals surface area (Å²) < 4.78 is 0. The highest BCUT2D eigenvalue weighted by Crippen LogP contribution is 2.15. The van der Waals surface area contributed by atoms with Gasteiger partial charge in [0.2, 0.25) is 5.82 Å². The van der Waals surface area contributed by atoms with E-state index in [1.54, 1.807) is 0 Å². The maximum Gasteiger partial charge on any atom is 0.377 e. The van der Waals surface area contributed by atoms with Crippen molar-refractivity contribution in [3.8, 4) is 0 Å². The normalized spacial score (nSPS) is 9.69. The third-order valence-electron chi connectivity index (χ3n) is 1.33. The number of rotatable bonds is 2. The Morgan fingerprint density at radius 1 is 1.77 bits per heavy atom. The van der Waals surface area contributed by atoms with Crippen molar-refractivity contribution >= 4 is 11.5 Å². The van der Waals surface area contributed by atoms with Gasteiger partial charge in [0.25, 0.3) is 0 Å². The predicted octanol–water partition coefficient (Wildman–Crippen LogP) is -1.01. The molecule has 3 N–H and O–H groups in total. The van der Waals surface area contributed by atoms with Gasteiger partial charge in [-0.1, -0.05) is 0 Å². The van der Waals surface area contributed by atoms with Gasteiger partial charge in [0.1, 0.15) is 0 Å². The van der Waals surface area contributed by atoms with Gasteiger partial charge in [-0.2, -0.15) is 0 Å². The number of H-pyrrole nitrogens is 1. The maximum absolute atomic E-state index is 11.0. The van der Waals surface area contributed by atoms with E-state index in [0.717, 1.165) is 11.3 Å². The lowest BCUT2D eigenvalue weighted by molar-refractivity contribution is -0.385. The van der Waals surface area contributed by atoms with E-state index in [0.29, 0.717) is 0 Å². The van der Waals surface area contributed by atoms with Gasteiger partial charge in [0.05, 0.1) is 11.3 Å². The largest absolute Gasteiger partial charge is 0.377 e. The Balaban J connectivity index is 3.43. The summed E-state index contributed by atoms with van der Waals surface area (Å²) >= 11 is 0. The maximum atomic E-state index is 11.0. The number of aromatic nitrogens is 2. The van der Waals surface area contributed by atoms with Crippen LogP contribution in [-0.4, -0.2) is 21.9 Å². The van der Waals surface area contributed by atoms with Crippen LogP contribution in [0.3, 0.4) is 0 Å². The van der Waals surface area contributed by atoms with E-state index in [1.807, 2.05) is 0 Å². The van der Waals surface area contributed by atoms with Gasteiger partial charge in [0.15, 0.2) is 0 Å². The first kappa shape index (κ1) is 9.13. The van der Waals surface area contributed by atoms with Gasteiger partial charge in [-0.3, -0.25) is 19.9 Å². The number of anilines is 1. The monoisotopic (exact) mass is 185 g/mol. The van der Waals surface area contributed by atoms with Crippen molar-refractivity contribution in [2.45, 2.75) is 0 Å². The zero-order valence-electron chi connectivity index (χ0n) is 6.72. The molecule has 8 nitrogen and oxygen atoms in total. The fourth-order valence-corrected chi connectivity index (χ4v) is 0.806. The quantitative estimate of drug-likeness (QED) is 0.346. The molecule has 0 aliphatic carbocycles. The molecule has 0 aliphatic rings. The number of aromatic amines is 1. The van der Waals surface area contributed by atoms with Gasteiger partial charge in [-0.05, 0) is 0 Å². The summed E-state index contributed by atoms with van der Waals surface area (Å²) in [5.74, 6) is 5.06. The highest BCUT2D eigenvalue weighted by molar-refractivity contribution is 5.54. The Labute approximate surface area is 72.1 Å². The number of hydrogen-bond donors (Lipinski definition) is 2. The van der Waals surface area contributed by atoms with Crippen LogP contribution < -0.4 is 16.4 Å². The van der Waals surface area contributed by atoms with Crippen molar-refractivity contribution in [2.24, 2.45) is 5.84 Å². The van der Waals surface area contributed by atoms with Crippen molar-refractivity contribution in [1.82, 2.24) is 9.97 Å². The summed E-state index contributed by atoms with van der Waals surface area (Å²) in [6.45, 7) is 0. The average molecular weight is 185 g/mol. The van der Waals surface area contributed by atoms with Gasteiger partial charge in [0, 0.05) is 7.05 Å². The molecule has 0 saturated heterocycles. The predicted molar refractivity (Wildman–Crippen MR) is 44.1 cm³/mol. The van der Waals surface area contributed by atoms with Crippen LogP contribution in [0, 0.1) is 10.1 Å². The molecule has 70 valence electrons. The summed E-state index contributed by atoms with van der Waals surface area (Å²) in [7, 11) is 1.36. The molecule has 0 aromatic carbocycles. The second-order valence-corrected chi connectivity index (χ2v) is 2.27. The molecule has 0 amide bonds. The number of nitrogens with one attached hydrogen (secondary N) is 1. The minimum Gasteiger partial charge on any atom is -0.307 e. The first-order chi connectivity index (χ1) is 6.04. The van der Waals surface area contributed by atoms with Crippen molar-refractivity contribution in [3.05, 3.63) is 26.8 Å². The molecule has 0 saturated carbocycles. The minimum absolute atomic E-state index is 0.172. The standard InChI is InChI=1S/C5H7N5O3/c1-9(6)4-3(10(12)13)5(11)8-2-7-4/h2H,6H2,1H3,(H,7,8,11). The summed E-state index contributed by atoms with van der Waals surface area (Å²) in [5.41, 5.74) is -1.49. The van der Waals surface area contributed by atoms with Crippen LogP contribution in [0.2, 0.25) is 0 Å². The minimum atomic E-state index is -0.829. The zero-order valence-corrected chi connectivity index (χ0v) is 6.72. The van der Waals surface area contributed by atoms with Crippen LogP contribution >= 0.6 is 0 Å². The Morgan fingerprint density at radius 3 is 2.77 bits per heavy atom. The molecular weight excluding hydrogens is 178 g/mol. The fraction of sp³-hybridized carbons (Fsp3) is 0.200. The molecule has 0 fully saturated rings. The van der Waals surface area contributed by atoms with E-state index < -0.39 is 16.2 Å². The zero-order chi connectivity index (χ0) is 10.0. The molecule has 8 heteroatoms. The van der Waals surface area contributed by atoms with E-state index in [1.165, 1.54) is 7.05 Å². The highest BCUT2D eigenvalue weighted by atomic mass is 16.6. The molecule has 0 atom stereocenters. The number of hydrogen-bond acceptors (Lipinski definition) is 6. The van der Waals surface area contributed by atoms with Crippen LogP contribution in [-0.2, 0) is 0 Å². The second-order valence-electron chi connectivity index (χ2n) is 2.27. The van der Waals surface area contributed by atoms with Crippen LogP contribution in [0.15, 0.2) is 11.1 Å². The van der Waals surface area contributed by atoms with Crippen molar-refractivity contribution < 1.29 is 4.92 Å². The van der Waals surface area contributed by atoms with E-state index in [4.69, 9.17) is 5.84 Å². The SMILES string of the molecule is CN(N)c1nc[nH]c(=O)c1[N+](=O)[O-]. The molecule has 1 heterocycles. The van der Waals surface area contributed by atoms with E-state index in [-0.39, 0.29) is 5.82 Å². The molecule has 1 aromatic rings. The van der Waals surface area contributed by atoms with Crippen LogP contribution in [0.25, 0.3) is 0 Å². The van der Waals surface area contributed by atoms with Crippen molar-refractivity contribution in [1.29, 1.82) is 0 Å². The fourth-order valence-electron chi connectivity index (χ4n) is 0.806. The average Bonchev–Trinajstić information content (AvgIpc) is 2.02. The second kappa shape index (κ2) is 3.19. The van der Waals surface area contributed by atoms with Crippen LogP contribution in [0.4, 0.5) is 11.5 Å². The lowest BCUT2D eigenvalue weighted by Crippen LogP contribution is -2.29. The first-order valence-corrected chi connectivity index (χ1v) is 3.24. The van der Waals surface area contributed by atoms with Crippen molar-refractivity contribution in [2.75, 3.05) is 12.1 Å². The third-order valence-corrected chi connectivity index (χ3v) is 1.33. The van der Waals surface area contributed by atoms with Crippen LogP contribution in [0.5, 0.6) is 0 Å². The van der Waals surface area contributed by atoms with E-state index in [2.05, 4.69) is 9.97 Å². The van der Waals surface area contributed by atoms with Gasteiger partial charge in [-0.15, -0.1) is 0 Å². The van der Waals surface area contributed by atoms with E-state index >= 15 is 0 Å². The third kappa shape index (κ3) is 1.62. The Hall–Kier alpha value is -1.96. The molecule has 0 radical (unpaired) electrons. The lowest BCUT2D eigenvalue weighted by atomic mass is 10.5. The topological polar surface area (TPSA) is 118 Å². The van der Waals surface area contributed by atoms with Crippen LogP contribution in [0.1, 0.15) is 0 Å². The molecule has 0 unspecified atom stereocenters.